The third kappa shape index (κ3) is 5.84. The highest BCUT2D eigenvalue weighted by atomic mass is 32.2. The van der Waals surface area contributed by atoms with Crippen LogP contribution < -0.4 is 10.6 Å². The van der Waals surface area contributed by atoms with Gasteiger partial charge < -0.3 is 20.3 Å². The zero-order valence-electron chi connectivity index (χ0n) is 18.8. The summed E-state index contributed by atoms with van der Waals surface area (Å²) in [5.74, 6) is -0.253. The van der Waals surface area contributed by atoms with Crippen molar-refractivity contribution in [1.29, 1.82) is 0 Å². The molecule has 0 saturated heterocycles. The maximum absolute atomic E-state index is 12.6. The molecule has 0 radical (unpaired) electrons. The predicted octanol–water partition coefficient (Wildman–Crippen LogP) is 3.88. The largest absolute Gasteiger partial charge is 0.390 e. The van der Waals surface area contributed by atoms with E-state index in [1.54, 1.807) is 4.57 Å². The number of anilines is 1. The van der Waals surface area contributed by atoms with Gasteiger partial charge in [0.15, 0.2) is 5.16 Å². The number of amides is 2. The summed E-state index contributed by atoms with van der Waals surface area (Å²) in [6.07, 6.45) is 1.53. The summed E-state index contributed by atoms with van der Waals surface area (Å²) >= 11 is 1.22. The summed E-state index contributed by atoms with van der Waals surface area (Å²) < 4.78 is 1.64. The van der Waals surface area contributed by atoms with Gasteiger partial charge in [-0.05, 0) is 23.9 Å². The fourth-order valence-corrected chi connectivity index (χ4v) is 4.36. The van der Waals surface area contributed by atoms with Gasteiger partial charge in [-0.1, -0.05) is 78.0 Å². The number of thioether (sulfide) groups is 1. The normalized spacial score (nSPS) is 10.9. The van der Waals surface area contributed by atoms with Crippen LogP contribution in [0.15, 0.2) is 78.1 Å². The molecule has 0 saturated carbocycles. The SMILES string of the molecule is Cc1ccc(CNC(=O)Cn2c(CO)cnc2SCC(=O)Nc2cccc3ccccc23)cc1. The zero-order chi connectivity index (χ0) is 23.9. The highest BCUT2D eigenvalue weighted by Crippen LogP contribution is 2.24. The third-order valence-electron chi connectivity index (χ3n) is 5.37. The number of imidazole rings is 1. The number of rotatable bonds is 9. The summed E-state index contributed by atoms with van der Waals surface area (Å²) in [5.41, 5.74) is 3.43. The lowest BCUT2D eigenvalue weighted by Gasteiger charge is -2.12. The van der Waals surface area contributed by atoms with Gasteiger partial charge in [-0.2, -0.15) is 0 Å². The van der Waals surface area contributed by atoms with Crippen LogP contribution in [0.4, 0.5) is 5.69 Å². The first-order valence-corrected chi connectivity index (χ1v) is 11.9. The molecule has 4 aromatic rings. The second kappa shape index (κ2) is 11.0. The van der Waals surface area contributed by atoms with Crippen molar-refractivity contribution in [1.82, 2.24) is 14.9 Å². The molecule has 0 bridgehead atoms. The van der Waals surface area contributed by atoms with Gasteiger partial charge in [0.2, 0.25) is 11.8 Å². The van der Waals surface area contributed by atoms with Crippen LogP contribution >= 0.6 is 11.8 Å². The summed E-state index contributed by atoms with van der Waals surface area (Å²) in [4.78, 5) is 29.5. The number of aliphatic hydroxyl groups excluding tert-OH is 1. The Morgan fingerprint density at radius 2 is 1.76 bits per heavy atom. The first-order valence-electron chi connectivity index (χ1n) is 10.9. The molecule has 174 valence electrons. The van der Waals surface area contributed by atoms with Crippen molar-refractivity contribution in [3.05, 3.63) is 89.7 Å². The molecule has 0 spiro atoms. The molecule has 1 heterocycles. The minimum atomic E-state index is -0.249. The molecule has 0 atom stereocenters. The first-order chi connectivity index (χ1) is 16.5. The standard InChI is InChI=1S/C26H26N4O3S/c1-18-9-11-19(12-10-18)13-27-24(32)15-30-21(16-31)14-28-26(30)34-17-25(33)29-23-8-4-6-20-5-2-3-7-22(20)23/h2-12,14,31H,13,15-17H2,1H3,(H,27,32)(H,29,33). The lowest BCUT2D eigenvalue weighted by atomic mass is 10.1. The van der Waals surface area contributed by atoms with Gasteiger partial charge in [0, 0.05) is 17.6 Å². The molecule has 0 aliphatic heterocycles. The predicted molar refractivity (Wildman–Crippen MR) is 134 cm³/mol. The van der Waals surface area contributed by atoms with Crippen molar-refractivity contribution < 1.29 is 14.7 Å². The summed E-state index contributed by atoms with van der Waals surface area (Å²) in [7, 11) is 0. The van der Waals surface area contributed by atoms with E-state index in [9.17, 15) is 14.7 Å². The van der Waals surface area contributed by atoms with Gasteiger partial charge in [-0.3, -0.25) is 9.59 Å². The van der Waals surface area contributed by atoms with Crippen LogP contribution in [0.3, 0.4) is 0 Å². The molecule has 3 N–H and O–H groups in total. The molecule has 2 amide bonds. The van der Waals surface area contributed by atoms with Crippen LogP contribution in [-0.4, -0.2) is 32.2 Å². The van der Waals surface area contributed by atoms with E-state index in [1.165, 1.54) is 18.0 Å². The Hall–Kier alpha value is -3.62. The molecule has 0 fully saturated rings. The second-order valence-corrected chi connectivity index (χ2v) is 8.84. The van der Waals surface area contributed by atoms with Crippen molar-refractivity contribution in [3.8, 4) is 0 Å². The van der Waals surface area contributed by atoms with Crippen LogP contribution in [0.25, 0.3) is 10.8 Å². The smallest absolute Gasteiger partial charge is 0.240 e. The zero-order valence-corrected chi connectivity index (χ0v) is 19.6. The number of aryl methyl sites for hydroxylation is 1. The van der Waals surface area contributed by atoms with E-state index in [1.807, 2.05) is 73.7 Å². The number of benzene rings is 3. The third-order valence-corrected chi connectivity index (χ3v) is 6.36. The molecule has 3 aromatic carbocycles. The number of nitrogens with zero attached hydrogens (tertiary/aromatic N) is 2. The Morgan fingerprint density at radius 1 is 1.00 bits per heavy atom. The second-order valence-electron chi connectivity index (χ2n) is 7.90. The monoisotopic (exact) mass is 474 g/mol. The summed E-state index contributed by atoms with van der Waals surface area (Å²) in [5, 5.41) is 18.0. The topological polar surface area (TPSA) is 96.2 Å². The Balaban J connectivity index is 1.37. The quantitative estimate of drug-likeness (QED) is 0.320. The van der Waals surface area contributed by atoms with Crippen molar-refractivity contribution >= 4 is 40.0 Å². The van der Waals surface area contributed by atoms with Gasteiger partial charge in [-0.15, -0.1) is 0 Å². The van der Waals surface area contributed by atoms with Crippen LogP contribution in [0.1, 0.15) is 16.8 Å². The number of nitrogens with one attached hydrogen (secondary N) is 2. The Morgan fingerprint density at radius 3 is 2.56 bits per heavy atom. The highest BCUT2D eigenvalue weighted by Gasteiger charge is 2.15. The number of fused-ring (bicyclic) bond motifs is 1. The van der Waals surface area contributed by atoms with E-state index in [-0.39, 0.29) is 30.7 Å². The molecule has 7 nitrogen and oxygen atoms in total. The Kier molecular flexibility index (Phi) is 7.61. The summed E-state index contributed by atoms with van der Waals surface area (Å²) in [6.45, 7) is 2.19. The number of hydrogen-bond donors (Lipinski definition) is 3. The molecular formula is C26H26N4O3S. The minimum absolute atomic E-state index is 0.00896. The lowest BCUT2D eigenvalue weighted by Crippen LogP contribution is -2.28. The number of aromatic nitrogens is 2. The van der Waals surface area contributed by atoms with E-state index in [0.29, 0.717) is 17.4 Å². The Bertz CT molecular complexity index is 1300. The van der Waals surface area contributed by atoms with Gasteiger partial charge in [0.05, 0.1) is 24.3 Å². The minimum Gasteiger partial charge on any atom is -0.390 e. The van der Waals surface area contributed by atoms with Gasteiger partial charge >= 0.3 is 0 Å². The van der Waals surface area contributed by atoms with Gasteiger partial charge in [0.1, 0.15) is 6.54 Å². The average molecular weight is 475 g/mol. The van der Waals surface area contributed by atoms with Crippen LogP contribution in [0, 0.1) is 6.92 Å². The molecule has 0 aliphatic rings. The Labute approximate surface area is 202 Å². The van der Waals surface area contributed by atoms with Crippen LogP contribution in [0.5, 0.6) is 0 Å². The number of hydrogen-bond acceptors (Lipinski definition) is 5. The summed E-state index contributed by atoms with van der Waals surface area (Å²) in [6, 6.07) is 21.6. The molecule has 4 rings (SSSR count). The van der Waals surface area contributed by atoms with E-state index >= 15 is 0 Å². The van der Waals surface area contributed by atoms with E-state index in [0.717, 1.165) is 27.6 Å². The lowest BCUT2D eigenvalue weighted by molar-refractivity contribution is -0.122. The highest BCUT2D eigenvalue weighted by molar-refractivity contribution is 7.99. The van der Waals surface area contributed by atoms with Crippen molar-refractivity contribution in [3.63, 3.8) is 0 Å². The first kappa shape index (κ1) is 23.5. The van der Waals surface area contributed by atoms with Crippen LogP contribution in [0.2, 0.25) is 0 Å². The molecule has 0 aliphatic carbocycles. The molecule has 34 heavy (non-hydrogen) atoms. The van der Waals surface area contributed by atoms with E-state index in [2.05, 4.69) is 15.6 Å². The molecule has 0 unspecified atom stereocenters. The van der Waals surface area contributed by atoms with Crippen molar-refractivity contribution in [2.24, 2.45) is 0 Å². The van der Waals surface area contributed by atoms with E-state index < -0.39 is 0 Å². The van der Waals surface area contributed by atoms with E-state index in [4.69, 9.17) is 0 Å². The van der Waals surface area contributed by atoms with Crippen molar-refractivity contribution in [2.75, 3.05) is 11.1 Å². The molecule has 1 aromatic heterocycles. The fourth-order valence-electron chi connectivity index (χ4n) is 3.56. The number of carbonyl (C=O) groups is 2. The number of aliphatic hydroxyl groups is 1. The van der Waals surface area contributed by atoms with Gasteiger partial charge in [0.25, 0.3) is 0 Å². The maximum atomic E-state index is 12.6. The molecule has 8 heteroatoms. The van der Waals surface area contributed by atoms with Gasteiger partial charge in [-0.25, -0.2) is 4.98 Å². The number of carbonyl (C=O) groups excluding carboxylic acids is 2. The maximum Gasteiger partial charge on any atom is 0.240 e. The fraction of sp³-hybridized carbons (Fsp3) is 0.192. The van der Waals surface area contributed by atoms with Crippen LogP contribution in [-0.2, 0) is 29.3 Å². The average Bonchev–Trinajstić information content (AvgIpc) is 3.24. The van der Waals surface area contributed by atoms with Crippen molar-refractivity contribution in [2.45, 2.75) is 31.8 Å². The molecular weight excluding hydrogens is 448 g/mol.